The van der Waals surface area contributed by atoms with E-state index in [1.807, 2.05) is 6.92 Å². The highest BCUT2D eigenvalue weighted by atomic mass is 35.5. The first-order chi connectivity index (χ1) is 10.6. The standard InChI is InChI=1S/C15H19FN4O2.ClH/c1-10-9-19(6-4-17-10)14(21)12-8-11(2-3-13(12)16)20-7-5-18-15(20)22;/h2-3,8,10,17H,4-7,9H2,1H3,(H,18,22);1H. The van der Waals surface area contributed by atoms with Crippen LogP contribution in [-0.4, -0.2) is 55.6 Å². The second-order valence-electron chi connectivity index (χ2n) is 5.65. The van der Waals surface area contributed by atoms with E-state index in [1.165, 1.54) is 23.1 Å². The van der Waals surface area contributed by atoms with Crippen LogP contribution in [0, 0.1) is 5.82 Å². The first-order valence-electron chi connectivity index (χ1n) is 7.44. The molecule has 1 aromatic rings. The largest absolute Gasteiger partial charge is 0.336 e. The summed E-state index contributed by atoms with van der Waals surface area (Å²) in [5.74, 6) is -0.883. The predicted octanol–water partition coefficient (Wildman–Crippen LogP) is 1.21. The molecule has 8 heteroatoms. The molecule has 1 atom stereocenters. The minimum absolute atomic E-state index is 0. The first kappa shape index (κ1) is 17.5. The fraction of sp³-hybridized carbons (Fsp3) is 0.467. The van der Waals surface area contributed by atoms with Gasteiger partial charge in [0.15, 0.2) is 0 Å². The minimum Gasteiger partial charge on any atom is -0.336 e. The first-order valence-corrected chi connectivity index (χ1v) is 7.44. The molecule has 1 aromatic carbocycles. The van der Waals surface area contributed by atoms with E-state index in [0.29, 0.717) is 38.4 Å². The molecule has 0 aliphatic carbocycles. The molecule has 0 aromatic heterocycles. The van der Waals surface area contributed by atoms with Crippen molar-refractivity contribution in [3.05, 3.63) is 29.6 Å². The molecule has 0 radical (unpaired) electrons. The highest BCUT2D eigenvalue weighted by Crippen LogP contribution is 2.22. The summed E-state index contributed by atoms with van der Waals surface area (Å²) < 4.78 is 14.1. The average Bonchev–Trinajstić information content (AvgIpc) is 2.93. The quantitative estimate of drug-likeness (QED) is 0.849. The minimum atomic E-state index is -0.556. The smallest absolute Gasteiger partial charge is 0.321 e. The third-order valence-corrected chi connectivity index (χ3v) is 4.00. The van der Waals surface area contributed by atoms with E-state index in [1.54, 1.807) is 4.90 Å². The summed E-state index contributed by atoms with van der Waals surface area (Å²) in [6, 6.07) is 4.21. The number of urea groups is 1. The number of rotatable bonds is 2. The number of nitrogens with zero attached hydrogens (tertiary/aromatic N) is 2. The molecule has 2 aliphatic heterocycles. The van der Waals surface area contributed by atoms with E-state index in [-0.39, 0.29) is 36.0 Å². The molecule has 2 heterocycles. The van der Waals surface area contributed by atoms with Crippen LogP contribution in [0.1, 0.15) is 17.3 Å². The molecule has 23 heavy (non-hydrogen) atoms. The Morgan fingerprint density at radius 3 is 2.74 bits per heavy atom. The number of nitrogens with one attached hydrogen (secondary N) is 2. The van der Waals surface area contributed by atoms with E-state index in [4.69, 9.17) is 0 Å². The monoisotopic (exact) mass is 342 g/mol. The molecule has 3 rings (SSSR count). The Hall–Kier alpha value is -1.86. The molecule has 3 amide bonds. The second kappa shape index (κ2) is 7.14. The molecule has 0 bridgehead atoms. The van der Waals surface area contributed by atoms with Crippen molar-refractivity contribution in [1.29, 1.82) is 0 Å². The molecule has 126 valence electrons. The Kier molecular flexibility index (Phi) is 5.43. The lowest BCUT2D eigenvalue weighted by molar-refractivity contribution is 0.0704. The Morgan fingerprint density at radius 2 is 2.09 bits per heavy atom. The van der Waals surface area contributed by atoms with Crippen LogP contribution >= 0.6 is 12.4 Å². The van der Waals surface area contributed by atoms with Crippen molar-refractivity contribution < 1.29 is 14.0 Å². The summed E-state index contributed by atoms with van der Waals surface area (Å²) in [6.07, 6.45) is 0. The fourth-order valence-corrected chi connectivity index (χ4v) is 2.85. The van der Waals surface area contributed by atoms with Crippen LogP contribution in [0.25, 0.3) is 0 Å². The average molecular weight is 343 g/mol. The van der Waals surface area contributed by atoms with Crippen LogP contribution in [0.5, 0.6) is 0 Å². The van der Waals surface area contributed by atoms with Gasteiger partial charge in [-0.15, -0.1) is 12.4 Å². The molecular weight excluding hydrogens is 323 g/mol. The van der Waals surface area contributed by atoms with Gasteiger partial charge < -0.3 is 15.5 Å². The van der Waals surface area contributed by atoms with Crippen molar-refractivity contribution in [2.24, 2.45) is 0 Å². The zero-order chi connectivity index (χ0) is 15.7. The van der Waals surface area contributed by atoms with E-state index in [0.717, 1.165) is 0 Å². The highest BCUT2D eigenvalue weighted by Gasteiger charge is 2.26. The summed E-state index contributed by atoms with van der Waals surface area (Å²) >= 11 is 0. The van der Waals surface area contributed by atoms with Gasteiger partial charge in [0.25, 0.3) is 5.91 Å². The third-order valence-electron chi connectivity index (χ3n) is 4.00. The number of hydrogen-bond donors (Lipinski definition) is 2. The summed E-state index contributed by atoms with van der Waals surface area (Å²) in [5, 5.41) is 5.94. The van der Waals surface area contributed by atoms with E-state index >= 15 is 0 Å². The maximum atomic E-state index is 14.1. The Balaban J connectivity index is 0.00000192. The highest BCUT2D eigenvalue weighted by molar-refractivity contribution is 5.98. The van der Waals surface area contributed by atoms with Crippen molar-refractivity contribution >= 4 is 30.0 Å². The van der Waals surface area contributed by atoms with Crippen LogP contribution in [-0.2, 0) is 0 Å². The lowest BCUT2D eigenvalue weighted by Crippen LogP contribution is -2.51. The molecule has 1 unspecified atom stereocenters. The van der Waals surface area contributed by atoms with E-state index in [2.05, 4.69) is 10.6 Å². The molecule has 2 fully saturated rings. The maximum Gasteiger partial charge on any atom is 0.321 e. The van der Waals surface area contributed by atoms with Gasteiger partial charge in [0.2, 0.25) is 0 Å². The number of anilines is 1. The van der Waals surface area contributed by atoms with Gasteiger partial charge in [-0.25, -0.2) is 9.18 Å². The van der Waals surface area contributed by atoms with Gasteiger partial charge in [0, 0.05) is 44.5 Å². The molecular formula is C15H20ClFN4O2. The van der Waals surface area contributed by atoms with Gasteiger partial charge in [-0.1, -0.05) is 0 Å². The fourth-order valence-electron chi connectivity index (χ4n) is 2.85. The molecule has 0 spiro atoms. The number of halogens is 2. The Bertz CT molecular complexity index is 613. The number of carbonyl (C=O) groups excluding carboxylic acids is 2. The maximum absolute atomic E-state index is 14.1. The lowest BCUT2D eigenvalue weighted by atomic mass is 10.1. The van der Waals surface area contributed by atoms with Gasteiger partial charge in [0.1, 0.15) is 5.82 Å². The molecule has 6 nitrogen and oxygen atoms in total. The van der Waals surface area contributed by atoms with Crippen LogP contribution in [0.4, 0.5) is 14.9 Å². The zero-order valence-electron chi connectivity index (χ0n) is 12.8. The van der Waals surface area contributed by atoms with Crippen LogP contribution in [0.15, 0.2) is 18.2 Å². The zero-order valence-corrected chi connectivity index (χ0v) is 13.7. The van der Waals surface area contributed by atoms with E-state index in [9.17, 15) is 14.0 Å². The molecule has 2 saturated heterocycles. The van der Waals surface area contributed by atoms with Gasteiger partial charge in [0.05, 0.1) is 5.56 Å². The van der Waals surface area contributed by atoms with Crippen LogP contribution in [0.2, 0.25) is 0 Å². The van der Waals surface area contributed by atoms with Crippen molar-refractivity contribution in [2.45, 2.75) is 13.0 Å². The summed E-state index contributed by atoms with van der Waals surface area (Å²) in [4.78, 5) is 27.4. The van der Waals surface area contributed by atoms with Gasteiger partial charge in [-0.05, 0) is 25.1 Å². The van der Waals surface area contributed by atoms with Gasteiger partial charge in [-0.2, -0.15) is 0 Å². The summed E-state index contributed by atoms with van der Waals surface area (Å²) in [7, 11) is 0. The SMILES string of the molecule is CC1CN(C(=O)c2cc(N3CCNC3=O)ccc2F)CCN1.Cl. The Morgan fingerprint density at radius 1 is 1.30 bits per heavy atom. The third kappa shape index (κ3) is 3.56. The van der Waals surface area contributed by atoms with E-state index < -0.39 is 5.82 Å². The van der Waals surface area contributed by atoms with Crippen molar-refractivity contribution in [2.75, 3.05) is 37.6 Å². The summed E-state index contributed by atoms with van der Waals surface area (Å²) in [6.45, 7) is 4.85. The van der Waals surface area contributed by atoms with Crippen molar-refractivity contribution in [1.82, 2.24) is 15.5 Å². The van der Waals surface area contributed by atoms with Crippen LogP contribution in [0.3, 0.4) is 0 Å². The predicted molar refractivity (Wildman–Crippen MR) is 87.8 cm³/mol. The topological polar surface area (TPSA) is 64.7 Å². The molecule has 2 aliphatic rings. The second-order valence-corrected chi connectivity index (χ2v) is 5.65. The lowest BCUT2D eigenvalue weighted by Gasteiger charge is -2.32. The molecule has 2 N–H and O–H groups in total. The molecule has 0 saturated carbocycles. The number of benzene rings is 1. The van der Waals surface area contributed by atoms with Crippen molar-refractivity contribution in [3.8, 4) is 0 Å². The van der Waals surface area contributed by atoms with Gasteiger partial charge in [-0.3, -0.25) is 9.69 Å². The number of amides is 3. The number of hydrogen-bond acceptors (Lipinski definition) is 3. The number of carbonyl (C=O) groups is 2. The normalized spacial score (nSPS) is 21.0. The Labute approximate surface area is 140 Å². The van der Waals surface area contributed by atoms with Crippen molar-refractivity contribution in [3.63, 3.8) is 0 Å². The number of piperazine rings is 1. The summed E-state index contributed by atoms with van der Waals surface area (Å²) in [5.41, 5.74) is 0.564. The van der Waals surface area contributed by atoms with Gasteiger partial charge >= 0.3 is 6.03 Å². The van der Waals surface area contributed by atoms with Crippen LogP contribution < -0.4 is 15.5 Å².